The minimum Gasteiger partial charge on any atom is -0.0395 e. The molecule has 0 amide bonds. The van der Waals surface area contributed by atoms with E-state index in [0.717, 1.165) is 0 Å². The fraction of sp³-hybridized carbons (Fsp3) is 0. The first-order valence-corrected chi connectivity index (χ1v) is 2.36. The molecule has 0 aromatic heterocycles. The molecule has 0 aliphatic heterocycles. The molecule has 0 rings (SSSR count). The van der Waals surface area contributed by atoms with Crippen LogP contribution in [0.15, 0.2) is 0 Å². The Balaban J connectivity index is 0. The molecule has 0 saturated heterocycles. The van der Waals surface area contributed by atoms with Gasteiger partial charge in [0.05, 0.1) is 0 Å². The van der Waals surface area contributed by atoms with E-state index in [9.17, 15) is 14.2 Å². The first kappa shape index (κ1) is 9.83. The van der Waals surface area contributed by atoms with E-state index in [1.165, 1.54) is 0 Å². The molecule has 0 aromatic rings. The van der Waals surface area contributed by atoms with Crippen LogP contribution in [-0.2, 0) is 14.7 Å². The average molecular weight is 166 g/mol. The third-order valence-electron chi connectivity index (χ3n) is 0. The Labute approximate surface area is 39.6 Å². The summed E-state index contributed by atoms with van der Waals surface area (Å²) in [5.74, 6) is 0. The van der Waals surface area contributed by atoms with E-state index in [1.807, 2.05) is 0 Å². The molecule has 0 bridgehead atoms. The molecule has 0 aliphatic carbocycles. The second kappa shape index (κ2) is 2.78. The zero-order valence-electron chi connectivity index (χ0n) is 2.89. The molecule has 0 nitrogen and oxygen atoms in total. The van der Waals surface area contributed by atoms with Gasteiger partial charge in [-0.25, -0.2) is 0 Å². The van der Waals surface area contributed by atoms with E-state index in [2.05, 4.69) is 0 Å². The SMILES string of the molecule is [F][Mn-]([F])([F])[F].[PH4+]. The molecule has 0 aromatic carbocycles. The molecule has 1 unspecified atom stereocenters. The molecule has 6 heteroatoms. The van der Waals surface area contributed by atoms with Crippen molar-refractivity contribution >= 4 is 9.90 Å². The van der Waals surface area contributed by atoms with Gasteiger partial charge in [-0.05, 0) is 9.90 Å². The van der Waals surface area contributed by atoms with Crippen LogP contribution < -0.4 is 0 Å². The summed E-state index contributed by atoms with van der Waals surface area (Å²) in [5.41, 5.74) is 0. The molecule has 0 saturated carbocycles. The Morgan fingerprint density at radius 3 is 0.833 bits per heavy atom. The van der Waals surface area contributed by atoms with E-state index < -0.39 is 14.7 Å². The summed E-state index contributed by atoms with van der Waals surface area (Å²) < 4.78 is 39.3. The quantitative estimate of drug-likeness (QED) is 0.290. The molecule has 0 fully saturated rings. The Morgan fingerprint density at radius 2 is 0.833 bits per heavy atom. The van der Waals surface area contributed by atoms with Gasteiger partial charge < -0.3 is 0 Å². The van der Waals surface area contributed by atoms with E-state index in [-0.39, 0.29) is 9.90 Å². The molecule has 6 heavy (non-hydrogen) atoms. The van der Waals surface area contributed by atoms with Crippen molar-refractivity contribution < 1.29 is 28.9 Å². The number of rotatable bonds is 0. The minimum atomic E-state index is -6.62. The summed E-state index contributed by atoms with van der Waals surface area (Å²) in [6.07, 6.45) is 0. The maximum Gasteiger partial charge on any atom is -0.0395 e. The van der Waals surface area contributed by atoms with Crippen molar-refractivity contribution in [2.45, 2.75) is 0 Å². The summed E-state index contributed by atoms with van der Waals surface area (Å²) in [6.45, 7) is 0. The second-order valence-corrected chi connectivity index (χ2v) is 1.34. The van der Waals surface area contributed by atoms with Crippen LogP contribution in [0.3, 0.4) is 0 Å². The van der Waals surface area contributed by atoms with E-state index in [4.69, 9.17) is 0 Å². The van der Waals surface area contributed by atoms with Gasteiger partial charge in [0.2, 0.25) is 0 Å². The molecular weight excluding hydrogens is 162 g/mol. The van der Waals surface area contributed by atoms with Crippen LogP contribution >= 0.6 is 9.90 Å². The van der Waals surface area contributed by atoms with Crippen molar-refractivity contribution in [3.05, 3.63) is 0 Å². The third kappa shape index (κ3) is 140. The van der Waals surface area contributed by atoms with Crippen molar-refractivity contribution in [1.82, 2.24) is 0 Å². The van der Waals surface area contributed by atoms with Crippen molar-refractivity contribution in [3.8, 4) is 0 Å². The van der Waals surface area contributed by atoms with Crippen molar-refractivity contribution in [2.75, 3.05) is 0 Å². The molecule has 0 radical (unpaired) electrons. The van der Waals surface area contributed by atoms with Gasteiger partial charge in [0.15, 0.2) is 0 Å². The number of hydrogen-bond acceptors (Lipinski definition) is 0. The maximum atomic E-state index is 9.83. The van der Waals surface area contributed by atoms with Gasteiger partial charge in [0.25, 0.3) is 0 Å². The Hall–Kier alpha value is 0.669. The molecule has 0 spiro atoms. The van der Waals surface area contributed by atoms with Crippen LogP contribution in [0.5, 0.6) is 0 Å². The van der Waals surface area contributed by atoms with Crippen LogP contribution in [-0.4, -0.2) is 0 Å². The second-order valence-electron chi connectivity index (χ2n) is 0.324. The van der Waals surface area contributed by atoms with Crippen molar-refractivity contribution in [1.29, 1.82) is 0 Å². The van der Waals surface area contributed by atoms with Crippen molar-refractivity contribution in [3.63, 3.8) is 0 Å². The van der Waals surface area contributed by atoms with Gasteiger partial charge >= 0.3 is 28.9 Å². The largest absolute Gasteiger partial charge is 0.0395 e. The number of hydrogen-bond donors (Lipinski definition) is 0. The van der Waals surface area contributed by atoms with Gasteiger partial charge in [-0.15, -0.1) is 0 Å². The van der Waals surface area contributed by atoms with E-state index in [1.54, 1.807) is 0 Å². The topological polar surface area (TPSA) is 0 Å². The Morgan fingerprint density at radius 1 is 0.833 bits per heavy atom. The van der Waals surface area contributed by atoms with E-state index >= 15 is 0 Å². The predicted octanol–water partition coefficient (Wildman–Crippen LogP) is 1.47. The van der Waals surface area contributed by atoms with Gasteiger partial charge in [-0.2, -0.15) is 0 Å². The molecule has 44 valence electrons. The number of halogens is 4. The summed E-state index contributed by atoms with van der Waals surface area (Å²) in [5, 5.41) is 0. The van der Waals surface area contributed by atoms with Crippen LogP contribution in [0.4, 0.5) is 14.2 Å². The monoisotopic (exact) mass is 166 g/mol. The van der Waals surface area contributed by atoms with E-state index in [0.29, 0.717) is 0 Å². The standard InChI is InChI=1S/4FH.Mn.H3P/h4*1H;;1H3/q;;;;+3;/p-3. The Bertz CT molecular complexity index is 23.0. The summed E-state index contributed by atoms with van der Waals surface area (Å²) in [4.78, 5) is 0. The van der Waals surface area contributed by atoms with Gasteiger partial charge in [-0.1, -0.05) is 0 Å². The van der Waals surface area contributed by atoms with Crippen LogP contribution in [0.1, 0.15) is 0 Å². The molecule has 0 N–H and O–H groups in total. The minimum absolute atomic E-state index is 0. The molecule has 0 aliphatic rings. The van der Waals surface area contributed by atoms with Crippen LogP contribution in [0, 0.1) is 0 Å². The zero-order valence-corrected chi connectivity index (χ0v) is 6.07. The Kier molecular flexibility index (Phi) is 4.55. The molecular formula is H4F4MnP. The zero-order chi connectivity index (χ0) is 4.50. The third-order valence-corrected chi connectivity index (χ3v) is 0. The summed E-state index contributed by atoms with van der Waals surface area (Å²) >= 11 is -6.62. The first-order valence-electron chi connectivity index (χ1n) is 0.571. The maximum absolute atomic E-state index is 9.83. The van der Waals surface area contributed by atoms with Crippen molar-refractivity contribution in [2.24, 2.45) is 0 Å². The average Bonchev–Trinajstić information content (AvgIpc) is 0.722. The molecule has 1 atom stereocenters. The first-order chi connectivity index (χ1) is 2.00. The smallest absolute Gasteiger partial charge is 0.0395 e. The van der Waals surface area contributed by atoms with Gasteiger partial charge in [0.1, 0.15) is 0 Å². The summed E-state index contributed by atoms with van der Waals surface area (Å²) in [6, 6.07) is 0. The fourth-order valence-electron chi connectivity index (χ4n) is 0. The predicted molar refractivity (Wildman–Crippen MR) is 16.9 cm³/mol. The van der Waals surface area contributed by atoms with Gasteiger partial charge in [0, 0.05) is 0 Å². The molecule has 0 heterocycles. The fourth-order valence-corrected chi connectivity index (χ4v) is 0. The van der Waals surface area contributed by atoms with Crippen LogP contribution in [0.2, 0.25) is 0 Å². The van der Waals surface area contributed by atoms with Gasteiger partial charge in [-0.3, -0.25) is 0 Å². The summed E-state index contributed by atoms with van der Waals surface area (Å²) in [7, 11) is 0. The van der Waals surface area contributed by atoms with Crippen LogP contribution in [0.25, 0.3) is 0 Å². The normalized spacial score (nSPS) is 12.7.